The van der Waals surface area contributed by atoms with Gasteiger partial charge in [-0.1, -0.05) is 146 Å². The largest absolute Gasteiger partial charge is 0.480 e. The topological polar surface area (TPSA) is 172 Å². The number of carbonyl (C=O) groups is 3. The summed E-state index contributed by atoms with van der Waals surface area (Å²) in [5.41, 5.74) is 5.33. The van der Waals surface area contributed by atoms with Crippen molar-refractivity contribution in [2.24, 2.45) is 5.73 Å². The van der Waals surface area contributed by atoms with Gasteiger partial charge in [-0.3, -0.25) is 23.4 Å². The fraction of sp³-hybridized carbons (Fsp3) is 0.750. The molecular weight excluding hydrogens is 733 g/mol. The van der Waals surface area contributed by atoms with E-state index < -0.39 is 51.1 Å². The Labute approximate surface area is 339 Å². The van der Waals surface area contributed by atoms with Gasteiger partial charge >= 0.3 is 25.7 Å². The molecule has 324 valence electrons. The van der Waals surface area contributed by atoms with E-state index in [1.165, 1.54) is 77.0 Å². The highest BCUT2D eigenvalue weighted by molar-refractivity contribution is 7.47. The molecule has 0 radical (unpaired) electrons. The average molecular weight is 812 g/mol. The van der Waals surface area contributed by atoms with Crippen LogP contribution in [0.15, 0.2) is 48.6 Å². The minimum Gasteiger partial charge on any atom is -0.480 e. The van der Waals surface area contributed by atoms with Crippen LogP contribution in [0.3, 0.4) is 0 Å². The summed E-state index contributed by atoms with van der Waals surface area (Å²) < 4.78 is 32.6. The lowest BCUT2D eigenvalue weighted by molar-refractivity contribution is -0.161. The average Bonchev–Trinajstić information content (AvgIpc) is 3.17. The van der Waals surface area contributed by atoms with Crippen molar-refractivity contribution in [1.29, 1.82) is 0 Å². The molecule has 4 N–H and O–H groups in total. The molecule has 56 heavy (non-hydrogen) atoms. The summed E-state index contributed by atoms with van der Waals surface area (Å²) in [7, 11) is -4.73. The molecule has 0 aromatic rings. The number of carboxylic acids is 1. The third kappa shape index (κ3) is 38.3. The molecule has 0 aromatic carbocycles. The molecule has 0 spiro atoms. The predicted octanol–water partition coefficient (Wildman–Crippen LogP) is 11.4. The summed E-state index contributed by atoms with van der Waals surface area (Å²) in [5.74, 6) is -2.46. The molecule has 0 heterocycles. The van der Waals surface area contributed by atoms with Gasteiger partial charge in [-0.15, -0.1) is 0 Å². The Bertz CT molecular complexity index is 1140. The molecule has 0 saturated carbocycles. The number of hydrogen-bond donors (Lipinski definition) is 3. The highest BCUT2D eigenvalue weighted by atomic mass is 31.2. The van der Waals surface area contributed by atoms with Crippen LogP contribution in [0.1, 0.15) is 181 Å². The van der Waals surface area contributed by atoms with E-state index in [1.54, 1.807) is 0 Å². The number of carboxylic acid groups (broad SMARTS) is 1. The van der Waals surface area contributed by atoms with Crippen LogP contribution >= 0.6 is 7.82 Å². The number of ether oxygens (including phenoxy) is 2. The number of unbranched alkanes of at least 4 members (excludes halogenated alkanes) is 18. The lowest BCUT2D eigenvalue weighted by Gasteiger charge is -2.20. The zero-order chi connectivity index (χ0) is 41.4. The number of rotatable bonds is 40. The summed E-state index contributed by atoms with van der Waals surface area (Å²) >= 11 is 0. The van der Waals surface area contributed by atoms with Crippen LogP contribution in [0.4, 0.5) is 0 Å². The zero-order valence-electron chi connectivity index (χ0n) is 35.0. The third-order valence-corrected chi connectivity index (χ3v) is 10.0. The number of phosphoric ester groups is 1. The van der Waals surface area contributed by atoms with Gasteiger partial charge in [0.2, 0.25) is 0 Å². The Morgan fingerprint density at radius 3 is 1.48 bits per heavy atom. The molecule has 0 aliphatic rings. The molecular formula is C44H78NO10P. The smallest absolute Gasteiger partial charge is 0.472 e. The second kappa shape index (κ2) is 39.3. The van der Waals surface area contributed by atoms with Crippen molar-refractivity contribution in [3.8, 4) is 0 Å². The first-order chi connectivity index (χ1) is 27.1. The standard InChI is InChI=1S/C44H78NO10P/c1-3-5-7-9-11-13-15-17-19-20-22-24-26-28-30-32-34-36-43(47)55-40(38-53-56(50,51)54-39-41(45)44(48)49)37-52-42(46)35-33-31-29-27-25-23-21-18-16-14-12-10-8-6-4-2/h17-19,21-22,24,28,30,40-41H,3-16,20,23,25-27,29,31-39,45H2,1-2H3,(H,48,49)(H,50,51)/b19-17+,21-18+,24-22+,30-28+/t40-,41+/m1/s1. The monoisotopic (exact) mass is 812 g/mol. The van der Waals surface area contributed by atoms with Gasteiger partial charge in [0.05, 0.1) is 13.2 Å². The van der Waals surface area contributed by atoms with Gasteiger partial charge in [-0.05, 0) is 70.6 Å². The molecule has 0 aromatic heterocycles. The second-order valence-electron chi connectivity index (χ2n) is 14.5. The summed E-state index contributed by atoms with van der Waals surface area (Å²) in [6.07, 6.45) is 43.3. The number of nitrogens with two attached hydrogens (primary N) is 1. The molecule has 0 aliphatic heterocycles. The first-order valence-electron chi connectivity index (χ1n) is 21.7. The van der Waals surface area contributed by atoms with E-state index in [1.807, 2.05) is 12.2 Å². The SMILES string of the molecule is CCCCCCCC/C=C/C/C=C/C/C=C/CCCC(=O)O[C@H](COC(=O)CCCCCCC/C=C/CCCCCCCC)COP(=O)(O)OC[C@H](N)C(=O)O. The van der Waals surface area contributed by atoms with Gasteiger partial charge in [0.25, 0.3) is 0 Å². The van der Waals surface area contributed by atoms with Gasteiger partial charge in [-0.25, -0.2) is 4.57 Å². The van der Waals surface area contributed by atoms with Crippen molar-refractivity contribution >= 4 is 25.7 Å². The Morgan fingerprint density at radius 2 is 0.964 bits per heavy atom. The maximum absolute atomic E-state index is 12.6. The lowest BCUT2D eigenvalue weighted by Crippen LogP contribution is -2.34. The van der Waals surface area contributed by atoms with E-state index in [0.717, 1.165) is 57.8 Å². The van der Waals surface area contributed by atoms with E-state index in [2.05, 4.69) is 54.8 Å². The minimum absolute atomic E-state index is 0.0870. The molecule has 0 rings (SSSR count). The molecule has 3 atom stereocenters. The highest BCUT2D eigenvalue weighted by Gasteiger charge is 2.28. The summed E-state index contributed by atoms with van der Waals surface area (Å²) in [4.78, 5) is 45.9. The van der Waals surface area contributed by atoms with Crippen molar-refractivity contribution in [3.05, 3.63) is 48.6 Å². The molecule has 12 heteroatoms. The van der Waals surface area contributed by atoms with Crippen LogP contribution in [-0.2, 0) is 37.5 Å². The van der Waals surface area contributed by atoms with Crippen molar-refractivity contribution in [2.45, 2.75) is 193 Å². The van der Waals surface area contributed by atoms with Crippen molar-refractivity contribution in [1.82, 2.24) is 0 Å². The Hall–Kier alpha value is -2.56. The Balaban J connectivity index is 4.48. The van der Waals surface area contributed by atoms with Crippen molar-refractivity contribution < 1.29 is 47.5 Å². The number of aliphatic carboxylic acids is 1. The van der Waals surface area contributed by atoms with Crippen LogP contribution in [0.5, 0.6) is 0 Å². The molecule has 1 unspecified atom stereocenters. The fourth-order valence-corrected chi connectivity index (χ4v) is 6.38. The van der Waals surface area contributed by atoms with Gasteiger partial charge in [0.15, 0.2) is 6.10 Å². The molecule has 0 amide bonds. The van der Waals surface area contributed by atoms with Gasteiger partial charge in [-0.2, -0.15) is 0 Å². The van der Waals surface area contributed by atoms with Crippen LogP contribution < -0.4 is 5.73 Å². The normalized spacial score (nSPS) is 14.2. The van der Waals surface area contributed by atoms with E-state index in [4.69, 9.17) is 24.8 Å². The van der Waals surface area contributed by atoms with E-state index in [-0.39, 0.29) is 19.4 Å². The number of phosphoric acid groups is 1. The Kier molecular flexibility index (Phi) is 37.5. The maximum Gasteiger partial charge on any atom is 0.472 e. The summed E-state index contributed by atoms with van der Waals surface area (Å²) in [5, 5.41) is 8.88. The molecule has 0 saturated heterocycles. The predicted molar refractivity (Wildman–Crippen MR) is 226 cm³/mol. The van der Waals surface area contributed by atoms with Crippen molar-refractivity contribution in [2.75, 3.05) is 19.8 Å². The number of esters is 2. The lowest BCUT2D eigenvalue weighted by atomic mass is 10.1. The highest BCUT2D eigenvalue weighted by Crippen LogP contribution is 2.43. The third-order valence-electron chi connectivity index (χ3n) is 9.05. The van der Waals surface area contributed by atoms with Crippen LogP contribution in [-0.4, -0.2) is 59.9 Å². The van der Waals surface area contributed by atoms with Gasteiger partial charge in [0, 0.05) is 12.8 Å². The van der Waals surface area contributed by atoms with Crippen LogP contribution in [0.2, 0.25) is 0 Å². The number of hydrogen-bond acceptors (Lipinski definition) is 9. The van der Waals surface area contributed by atoms with E-state index in [0.29, 0.717) is 19.3 Å². The first kappa shape index (κ1) is 53.4. The number of carbonyl (C=O) groups excluding carboxylic acids is 2. The minimum atomic E-state index is -4.73. The van der Waals surface area contributed by atoms with Crippen LogP contribution in [0, 0.1) is 0 Å². The quantitative estimate of drug-likeness (QED) is 0.0233. The summed E-state index contributed by atoms with van der Waals surface area (Å²) in [6, 6.07) is -1.53. The first-order valence-corrected chi connectivity index (χ1v) is 23.2. The van der Waals surface area contributed by atoms with E-state index in [9.17, 15) is 23.8 Å². The Morgan fingerprint density at radius 1 is 0.554 bits per heavy atom. The summed E-state index contributed by atoms with van der Waals surface area (Å²) in [6.45, 7) is 2.73. The maximum atomic E-state index is 12.6. The fourth-order valence-electron chi connectivity index (χ4n) is 5.60. The molecule has 0 aliphatic carbocycles. The molecule has 11 nitrogen and oxygen atoms in total. The zero-order valence-corrected chi connectivity index (χ0v) is 35.9. The molecule has 0 fully saturated rings. The van der Waals surface area contributed by atoms with Gasteiger partial charge in [0.1, 0.15) is 12.6 Å². The number of allylic oxidation sites excluding steroid dienone is 8. The van der Waals surface area contributed by atoms with Gasteiger partial charge < -0.3 is 25.2 Å². The molecule has 0 bridgehead atoms. The van der Waals surface area contributed by atoms with Crippen LogP contribution in [0.25, 0.3) is 0 Å². The second-order valence-corrected chi connectivity index (χ2v) is 15.9. The van der Waals surface area contributed by atoms with Crippen molar-refractivity contribution in [3.63, 3.8) is 0 Å². The van der Waals surface area contributed by atoms with E-state index >= 15 is 0 Å².